The average molecular weight is 317 g/mol. The van der Waals surface area contributed by atoms with Crippen molar-refractivity contribution in [3.05, 3.63) is 29.8 Å². The van der Waals surface area contributed by atoms with Crippen LogP contribution >= 0.6 is 0 Å². The first-order valence-corrected chi connectivity index (χ1v) is 6.93. The van der Waals surface area contributed by atoms with E-state index in [4.69, 9.17) is 4.74 Å². The van der Waals surface area contributed by atoms with Gasteiger partial charge in [0.15, 0.2) is 0 Å². The van der Waals surface area contributed by atoms with Gasteiger partial charge in [-0.1, -0.05) is 19.1 Å². The molecule has 0 spiro atoms. The molecule has 1 aromatic rings. The molecule has 1 aromatic carbocycles. The summed E-state index contributed by atoms with van der Waals surface area (Å²) in [5.74, 6) is -0.0784. The highest BCUT2D eigenvalue weighted by Gasteiger charge is 2.32. The second-order valence-corrected chi connectivity index (χ2v) is 5.42. The fourth-order valence-electron chi connectivity index (χ4n) is 2.54. The van der Waals surface area contributed by atoms with E-state index in [2.05, 4.69) is 4.74 Å². The van der Waals surface area contributed by atoms with Gasteiger partial charge in [0.05, 0.1) is 12.5 Å². The molecule has 7 heteroatoms. The fourth-order valence-corrected chi connectivity index (χ4v) is 2.54. The molecule has 1 saturated heterocycles. The summed E-state index contributed by atoms with van der Waals surface area (Å²) in [5, 5.41) is 0. The van der Waals surface area contributed by atoms with Crippen LogP contribution in [-0.2, 0) is 16.0 Å². The van der Waals surface area contributed by atoms with Crippen molar-refractivity contribution >= 4 is 5.91 Å². The number of nitrogens with zero attached hydrogens (tertiary/aromatic N) is 1. The van der Waals surface area contributed by atoms with Gasteiger partial charge in [-0.2, -0.15) is 0 Å². The Balaban J connectivity index is 1.92. The zero-order valence-electron chi connectivity index (χ0n) is 12.4. The van der Waals surface area contributed by atoms with Gasteiger partial charge in [0, 0.05) is 26.1 Å². The Morgan fingerprint density at radius 2 is 1.91 bits per heavy atom. The molecule has 1 amide bonds. The summed E-state index contributed by atoms with van der Waals surface area (Å²) >= 11 is 0. The van der Waals surface area contributed by atoms with Crippen molar-refractivity contribution in [2.45, 2.75) is 25.8 Å². The van der Waals surface area contributed by atoms with Crippen molar-refractivity contribution in [3.63, 3.8) is 0 Å². The third-order valence-electron chi connectivity index (χ3n) is 3.71. The number of methoxy groups -OCH3 is 1. The first kappa shape index (κ1) is 16.6. The summed E-state index contributed by atoms with van der Waals surface area (Å²) < 4.78 is 45.3. The van der Waals surface area contributed by atoms with Gasteiger partial charge in [-0.05, 0) is 17.7 Å². The van der Waals surface area contributed by atoms with E-state index in [1.165, 1.54) is 24.3 Å². The van der Waals surface area contributed by atoms with E-state index in [0.717, 1.165) is 0 Å². The summed E-state index contributed by atoms with van der Waals surface area (Å²) in [7, 11) is 1.62. The molecule has 1 fully saturated rings. The van der Waals surface area contributed by atoms with Crippen LogP contribution in [0, 0.1) is 5.92 Å². The lowest BCUT2D eigenvalue weighted by molar-refractivity contribution is -0.274. The van der Waals surface area contributed by atoms with Crippen molar-refractivity contribution in [1.29, 1.82) is 0 Å². The van der Waals surface area contributed by atoms with E-state index in [-0.39, 0.29) is 30.1 Å². The maximum Gasteiger partial charge on any atom is 0.573 e. The van der Waals surface area contributed by atoms with Gasteiger partial charge in [-0.15, -0.1) is 13.2 Å². The Morgan fingerprint density at radius 1 is 1.27 bits per heavy atom. The largest absolute Gasteiger partial charge is 0.573 e. The third-order valence-corrected chi connectivity index (χ3v) is 3.71. The molecular formula is C15H18F3NO3. The number of rotatable bonds is 4. The maximum absolute atomic E-state index is 12.2. The van der Waals surface area contributed by atoms with Crippen LogP contribution in [0.25, 0.3) is 0 Å². The molecule has 2 rings (SSSR count). The van der Waals surface area contributed by atoms with Crippen LogP contribution in [0.1, 0.15) is 12.5 Å². The van der Waals surface area contributed by atoms with Gasteiger partial charge >= 0.3 is 6.36 Å². The summed E-state index contributed by atoms with van der Waals surface area (Å²) in [6, 6.07) is 5.35. The molecule has 0 aromatic heterocycles. The molecule has 0 aliphatic carbocycles. The highest BCUT2D eigenvalue weighted by molar-refractivity contribution is 5.79. The summed E-state index contributed by atoms with van der Waals surface area (Å²) in [4.78, 5) is 13.9. The second-order valence-electron chi connectivity index (χ2n) is 5.42. The number of benzene rings is 1. The Morgan fingerprint density at radius 3 is 2.41 bits per heavy atom. The zero-order valence-corrected chi connectivity index (χ0v) is 12.4. The topological polar surface area (TPSA) is 38.8 Å². The minimum atomic E-state index is -4.71. The molecule has 1 aliphatic rings. The van der Waals surface area contributed by atoms with E-state index in [9.17, 15) is 18.0 Å². The molecule has 4 nitrogen and oxygen atoms in total. The maximum atomic E-state index is 12.2. The van der Waals surface area contributed by atoms with E-state index in [0.29, 0.717) is 18.7 Å². The van der Waals surface area contributed by atoms with Crippen LogP contribution in [0.15, 0.2) is 24.3 Å². The molecule has 1 heterocycles. The second kappa shape index (κ2) is 6.56. The molecule has 122 valence electrons. The molecule has 2 atom stereocenters. The van der Waals surface area contributed by atoms with Crippen molar-refractivity contribution in [2.75, 3.05) is 20.2 Å². The van der Waals surface area contributed by atoms with Gasteiger partial charge in [0.25, 0.3) is 0 Å². The lowest BCUT2D eigenvalue weighted by Crippen LogP contribution is -2.31. The summed E-state index contributed by atoms with van der Waals surface area (Å²) in [6.07, 6.45) is -4.53. The summed E-state index contributed by atoms with van der Waals surface area (Å²) in [5.41, 5.74) is 0.646. The van der Waals surface area contributed by atoms with Crippen LogP contribution in [0.3, 0.4) is 0 Å². The number of carbonyl (C=O) groups is 1. The average Bonchev–Trinajstić information content (AvgIpc) is 2.81. The molecule has 0 N–H and O–H groups in total. The standard InChI is InChI=1S/C15H18F3NO3/c1-10-8-19(9-13(10)21-2)14(20)7-11-3-5-12(6-4-11)22-15(16,17)18/h3-6,10,13H,7-9H2,1-2H3/t10-,13-/m1/s1. The number of ether oxygens (including phenoxy) is 2. The molecule has 22 heavy (non-hydrogen) atoms. The number of alkyl halides is 3. The molecule has 0 unspecified atom stereocenters. The predicted octanol–water partition coefficient (Wildman–Crippen LogP) is 2.62. The SMILES string of the molecule is CO[C@@H]1CN(C(=O)Cc2ccc(OC(F)(F)F)cc2)C[C@H]1C. The van der Waals surface area contributed by atoms with E-state index in [1.54, 1.807) is 12.0 Å². The van der Waals surface area contributed by atoms with Crippen LogP contribution in [0.4, 0.5) is 13.2 Å². The van der Waals surface area contributed by atoms with Gasteiger partial charge in [-0.25, -0.2) is 0 Å². The number of hydrogen-bond donors (Lipinski definition) is 0. The van der Waals surface area contributed by atoms with Crippen LogP contribution in [0.2, 0.25) is 0 Å². The van der Waals surface area contributed by atoms with E-state index < -0.39 is 6.36 Å². The van der Waals surface area contributed by atoms with Crippen molar-refractivity contribution in [1.82, 2.24) is 4.90 Å². The van der Waals surface area contributed by atoms with Crippen molar-refractivity contribution in [3.8, 4) is 5.75 Å². The highest BCUT2D eigenvalue weighted by atomic mass is 19.4. The van der Waals surface area contributed by atoms with Gasteiger partial charge < -0.3 is 14.4 Å². The van der Waals surface area contributed by atoms with E-state index >= 15 is 0 Å². The number of carbonyl (C=O) groups excluding carboxylic acids is 1. The number of halogens is 3. The van der Waals surface area contributed by atoms with Crippen molar-refractivity contribution < 1.29 is 27.4 Å². The van der Waals surface area contributed by atoms with Crippen LogP contribution < -0.4 is 4.74 Å². The normalized spacial score (nSPS) is 22.0. The number of likely N-dealkylation sites (tertiary alicyclic amines) is 1. The fraction of sp³-hybridized carbons (Fsp3) is 0.533. The lowest BCUT2D eigenvalue weighted by Gasteiger charge is -2.16. The number of amides is 1. The first-order chi connectivity index (χ1) is 10.3. The Labute approximate surface area is 126 Å². The molecular weight excluding hydrogens is 299 g/mol. The Kier molecular flexibility index (Phi) is 4.95. The van der Waals surface area contributed by atoms with Crippen LogP contribution in [-0.4, -0.2) is 43.5 Å². The summed E-state index contributed by atoms with van der Waals surface area (Å²) in [6.45, 7) is 3.20. The van der Waals surface area contributed by atoms with Crippen LogP contribution in [0.5, 0.6) is 5.75 Å². The molecule has 0 radical (unpaired) electrons. The Bertz CT molecular complexity index is 516. The minimum absolute atomic E-state index is 0.0338. The van der Waals surface area contributed by atoms with E-state index in [1.807, 2.05) is 6.92 Å². The van der Waals surface area contributed by atoms with Gasteiger partial charge in [-0.3, -0.25) is 4.79 Å². The quantitative estimate of drug-likeness (QED) is 0.857. The molecule has 1 aliphatic heterocycles. The minimum Gasteiger partial charge on any atom is -0.406 e. The molecule has 0 bridgehead atoms. The van der Waals surface area contributed by atoms with Gasteiger partial charge in [0.2, 0.25) is 5.91 Å². The third kappa shape index (κ3) is 4.37. The lowest BCUT2D eigenvalue weighted by atomic mass is 10.1. The van der Waals surface area contributed by atoms with Gasteiger partial charge in [0.1, 0.15) is 5.75 Å². The highest BCUT2D eigenvalue weighted by Crippen LogP contribution is 2.24. The smallest absolute Gasteiger partial charge is 0.406 e. The number of hydrogen-bond acceptors (Lipinski definition) is 3. The predicted molar refractivity (Wildman–Crippen MR) is 73.4 cm³/mol. The monoisotopic (exact) mass is 317 g/mol. The Hall–Kier alpha value is -1.76. The van der Waals surface area contributed by atoms with Crippen molar-refractivity contribution in [2.24, 2.45) is 5.92 Å². The molecule has 0 saturated carbocycles. The zero-order chi connectivity index (χ0) is 16.3. The first-order valence-electron chi connectivity index (χ1n) is 6.93.